The number of benzene rings is 1. The molecule has 1 atom stereocenters. The summed E-state index contributed by atoms with van der Waals surface area (Å²) in [5, 5.41) is 19.9. The van der Waals surface area contributed by atoms with E-state index in [-0.39, 0.29) is 11.4 Å². The third kappa shape index (κ3) is 2.36. The van der Waals surface area contributed by atoms with Crippen molar-refractivity contribution in [2.75, 3.05) is 18.6 Å². The molecule has 0 spiro atoms. The number of halogens is 1. The van der Waals surface area contributed by atoms with Crippen LogP contribution in [0.25, 0.3) is 0 Å². The van der Waals surface area contributed by atoms with E-state index in [1.807, 2.05) is 0 Å². The number of carbonyl (C=O) groups is 1. The molecule has 1 heterocycles. The number of carboxylic acids is 1. The molecule has 1 aromatic rings. The third-order valence-electron chi connectivity index (χ3n) is 3.29. The summed E-state index contributed by atoms with van der Waals surface area (Å²) < 4.78 is 18.9. The molecule has 20 heavy (non-hydrogen) atoms. The maximum absolute atomic E-state index is 14.0. The number of carboxylic acid groups (broad SMARTS) is 1. The number of methoxy groups -OCH3 is 1. The minimum atomic E-state index is -1.04. The van der Waals surface area contributed by atoms with Gasteiger partial charge < -0.3 is 14.7 Å². The molecule has 108 valence electrons. The number of hydrogen-bond acceptors (Lipinski definition) is 5. The predicted octanol–water partition coefficient (Wildman–Crippen LogP) is 1.80. The van der Waals surface area contributed by atoms with E-state index in [4.69, 9.17) is 9.84 Å². The van der Waals surface area contributed by atoms with E-state index in [2.05, 4.69) is 0 Å². The van der Waals surface area contributed by atoms with Gasteiger partial charge in [0.1, 0.15) is 6.04 Å². The van der Waals surface area contributed by atoms with Crippen molar-refractivity contribution in [2.45, 2.75) is 18.9 Å². The Labute approximate surface area is 113 Å². The first-order valence-electron chi connectivity index (χ1n) is 5.97. The van der Waals surface area contributed by atoms with E-state index in [0.29, 0.717) is 19.4 Å². The first-order chi connectivity index (χ1) is 9.45. The van der Waals surface area contributed by atoms with E-state index < -0.39 is 28.4 Å². The van der Waals surface area contributed by atoms with E-state index in [1.54, 1.807) is 0 Å². The summed E-state index contributed by atoms with van der Waals surface area (Å²) in [6, 6.07) is 1.11. The Kier molecular flexibility index (Phi) is 3.73. The molecule has 0 radical (unpaired) electrons. The van der Waals surface area contributed by atoms with Crippen molar-refractivity contribution in [3.05, 3.63) is 28.1 Å². The van der Waals surface area contributed by atoms with Crippen LogP contribution in [0.4, 0.5) is 15.8 Å². The molecule has 0 saturated carbocycles. The fourth-order valence-electron chi connectivity index (χ4n) is 2.37. The molecule has 1 N–H and O–H groups in total. The molecule has 8 heteroatoms. The topological polar surface area (TPSA) is 92.9 Å². The summed E-state index contributed by atoms with van der Waals surface area (Å²) in [6.07, 6.45) is 1.03. The molecule has 0 amide bonds. The molecular formula is C12H13FN2O5. The molecule has 0 unspecified atom stereocenters. The van der Waals surface area contributed by atoms with Crippen LogP contribution in [0.5, 0.6) is 5.75 Å². The highest BCUT2D eigenvalue weighted by Crippen LogP contribution is 2.36. The van der Waals surface area contributed by atoms with Gasteiger partial charge in [0, 0.05) is 12.6 Å². The summed E-state index contributed by atoms with van der Waals surface area (Å²) in [4.78, 5) is 22.6. The molecule has 0 aliphatic carbocycles. The molecule has 1 aliphatic rings. The van der Waals surface area contributed by atoms with Crippen LogP contribution in [0, 0.1) is 15.9 Å². The lowest BCUT2D eigenvalue weighted by molar-refractivity contribution is -0.385. The Balaban J connectivity index is 2.47. The van der Waals surface area contributed by atoms with Crippen LogP contribution in [0.1, 0.15) is 12.8 Å². The van der Waals surface area contributed by atoms with Crippen LogP contribution in [0.15, 0.2) is 12.1 Å². The monoisotopic (exact) mass is 284 g/mol. The van der Waals surface area contributed by atoms with Gasteiger partial charge in [-0.05, 0) is 12.8 Å². The van der Waals surface area contributed by atoms with Crippen LogP contribution in [0.2, 0.25) is 0 Å². The van der Waals surface area contributed by atoms with Crippen molar-refractivity contribution in [1.29, 1.82) is 0 Å². The van der Waals surface area contributed by atoms with Gasteiger partial charge in [0.05, 0.1) is 23.8 Å². The SMILES string of the molecule is COc1cc(N2CCC[C@@H]2C(=O)O)c(F)cc1[N+](=O)[O-]. The van der Waals surface area contributed by atoms with Gasteiger partial charge in [-0.25, -0.2) is 9.18 Å². The van der Waals surface area contributed by atoms with E-state index in [1.165, 1.54) is 18.1 Å². The molecular weight excluding hydrogens is 271 g/mol. The van der Waals surface area contributed by atoms with E-state index >= 15 is 0 Å². The summed E-state index contributed by atoms with van der Waals surface area (Å²) in [5.74, 6) is -1.97. The minimum absolute atomic E-state index is 0.0114. The molecule has 0 bridgehead atoms. The van der Waals surface area contributed by atoms with Crippen LogP contribution in [0.3, 0.4) is 0 Å². The van der Waals surface area contributed by atoms with E-state index in [0.717, 1.165) is 6.07 Å². The Bertz CT molecular complexity index is 563. The van der Waals surface area contributed by atoms with Gasteiger partial charge in [0.25, 0.3) is 0 Å². The molecule has 2 rings (SSSR count). The molecule has 7 nitrogen and oxygen atoms in total. The maximum atomic E-state index is 14.0. The summed E-state index contributed by atoms with van der Waals surface area (Å²) >= 11 is 0. The summed E-state index contributed by atoms with van der Waals surface area (Å²) in [5.41, 5.74) is -0.475. The fraction of sp³-hybridized carbons (Fsp3) is 0.417. The van der Waals surface area contributed by atoms with Gasteiger partial charge in [-0.15, -0.1) is 0 Å². The van der Waals surface area contributed by atoms with Gasteiger partial charge in [-0.2, -0.15) is 0 Å². The number of rotatable bonds is 4. The highest BCUT2D eigenvalue weighted by atomic mass is 19.1. The Morgan fingerprint density at radius 2 is 2.30 bits per heavy atom. The lowest BCUT2D eigenvalue weighted by Gasteiger charge is -2.24. The van der Waals surface area contributed by atoms with Gasteiger partial charge in [-0.3, -0.25) is 10.1 Å². The second-order valence-electron chi connectivity index (χ2n) is 4.42. The van der Waals surface area contributed by atoms with Crippen molar-refractivity contribution in [3.63, 3.8) is 0 Å². The largest absolute Gasteiger partial charge is 0.490 e. The van der Waals surface area contributed by atoms with Crippen molar-refractivity contribution in [2.24, 2.45) is 0 Å². The Morgan fingerprint density at radius 3 is 2.85 bits per heavy atom. The molecule has 1 aromatic carbocycles. The number of anilines is 1. The van der Waals surface area contributed by atoms with Gasteiger partial charge in [-0.1, -0.05) is 0 Å². The smallest absolute Gasteiger partial charge is 0.326 e. The Morgan fingerprint density at radius 1 is 1.60 bits per heavy atom. The number of nitro groups is 1. The van der Waals surface area contributed by atoms with Crippen molar-refractivity contribution in [3.8, 4) is 5.75 Å². The lowest BCUT2D eigenvalue weighted by Crippen LogP contribution is -2.36. The van der Waals surface area contributed by atoms with Gasteiger partial charge in [0.2, 0.25) is 0 Å². The zero-order chi connectivity index (χ0) is 14.9. The quantitative estimate of drug-likeness (QED) is 0.669. The number of nitro benzene ring substituents is 1. The second kappa shape index (κ2) is 5.32. The number of ether oxygens (including phenoxy) is 1. The van der Waals surface area contributed by atoms with Crippen molar-refractivity contribution in [1.82, 2.24) is 0 Å². The highest BCUT2D eigenvalue weighted by Gasteiger charge is 2.33. The van der Waals surface area contributed by atoms with Gasteiger partial charge >= 0.3 is 11.7 Å². The standard InChI is InChI=1S/C12H13FN2O5/c1-20-11-6-9(7(13)5-10(11)15(18)19)14-4-2-3-8(14)12(16)17/h5-6,8H,2-4H2,1H3,(H,16,17)/t8-/m1/s1. The maximum Gasteiger partial charge on any atom is 0.326 e. The zero-order valence-electron chi connectivity index (χ0n) is 10.7. The number of aliphatic carboxylic acids is 1. The highest BCUT2D eigenvalue weighted by molar-refractivity contribution is 5.79. The van der Waals surface area contributed by atoms with E-state index in [9.17, 15) is 19.3 Å². The first-order valence-corrected chi connectivity index (χ1v) is 5.97. The van der Waals surface area contributed by atoms with Crippen LogP contribution < -0.4 is 9.64 Å². The molecule has 1 saturated heterocycles. The average molecular weight is 284 g/mol. The normalized spacial score (nSPS) is 18.1. The predicted molar refractivity (Wildman–Crippen MR) is 67.6 cm³/mol. The number of hydrogen-bond donors (Lipinski definition) is 1. The van der Waals surface area contributed by atoms with Crippen molar-refractivity contribution >= 4 is 17.3 Å². The third-order valence-corrected chi connectivity index (χ3v) is 3.29. The van der Waals surface area contributed by atoms with Crippen LogP contribution >= 0.6 is 0 Å². The second-order valence-corrected chi connectivity index (χ2v) is 4.42. The van der Waals surface area contributed by atoms with Crippen molar-refractivity contribution < 1.29 is 24.0 Å². The lowest BCUT2D eigenvalue weighted by atomic mass is 10.2. The molecule has 1 aliphatic heterocycles. The summed E-state index contributed by atoms with van der Waals surface area (Å²) in [6.45, 7) is 0.384. The average Bonchev–Trinajstić information content (AvgIpc) is 2.87. The molecule has 0 aromatic heterocycles. The Hall–Kier alpha value is -2.38. The summed E-state index contributed by atoms with van der Waals surface area (Å²) in [7, 11) is 1.24. The van der Waals surface area contributed by atoms with Crippen LogP contribution in [-0.4, -0.2) is 35.7 Å². The van der Waals surface area contributed by atoms with Crippen LogP contribution in [-0.2, 0) is 4.79 Å². The zero-order valence-corrected chi connectivity index (χ0v) is 10.7. The molecule has 1 fully saturated rings. The fourth-order valence-corrected chi connectivity index (χ4v) is 2.37. The number of nitrogens with zero attached hydrogens (tertiary/aromatic N) is 2. The first kappa shape index (κ1) is 14.0. The minimum Gasteiger partial charge on any atom is -0.490 e. The van der Waals surface area contributed by atoms with Gasteiger partial charge in [0.15, 0.2) is 11.6 Å².